The number of carbonyl (C=O) groups is 1. The van der Waals surface area contributed by atoms with E-state index in [1.807, 2.05) is 0 Å². The van der Waals surface area contributed by atoms with Crippen molar-refractivity contribution in [2.75, 3.05) is 19.8 Å². The van der Waals surface area contributed by atoms with Crippen molar-refractivity contribution in [3.05, 3.63) is 0 Å². The van der Waals surface area contributed by atoms with Crippen molar-refractivity contribution < 1.29 is 14.3 Å². The minimum absolute atomic E-state index is 0.245. The third-order valence-electron chi connectivity index (χ3n) is 1.83. The lowest BCUT2D eigenvalue weighted by atomic mass is 10.1. The van der Waals surface area contributed by atoms with Gasteiger partial charge in [0.1, 0.15) is 0 Å². The molecule has 0 aliphatic carbocycles. The molecule has 1 fully saturated rings. The molecule has 0 N–H and O–H groups in total. The van der Waals surface area contributed by atoms with Crippen molar-refractivity contribution in [2.45, 2.75) is 18.6 Å². The molecule has 1 rings (SSSR count). The van der Waals surface area contributed by atoms with E-state index in [2.05, 4.69) is 12.6 Å². The molecule has 0 aromatic heterocycles. The molecule has 1 saturated heterocycles. The molecular weight excluding hydrogens is 176 g/mol. The van der Waals surface area contributed by atoms with Crippen molar-refractivity contribution in [2.24, 2.45) is 5.92 Å². The van der Waals surface area contributed by atoms with Crippen LogP contribution in [0.5, 0.6) is 0 Å². The van der Waals surface area contributed by atoms with Gasteiger partial charge in [-0.1, -0.05) is 0 Å². The molecule has 12 heavy (non-hydrogen) atoms. The van der Waals surface area contributed by atoms with Gasteiger partial charge in [-0.3, -0.25) is 4.79 Å². The van der Waals surface area contributed by atoms with Crippen LogP contribution >= 0.6 is 12.6 Å². The summed E-state index contributed by atoms with van der Waals surface area (Å²) in [6, 6.07) is 0. The van der Waals surface area contributed by atoms with E-state index in [0.29, 0.717) is 19.1 Å². The van der Waals surface area contributed by atoms with Crippen LogP contribution in [0.25, 0.3) is 0 Å². The first-order chi connectivity index (χ1) is 5.70. The number of ether oxygens (including phenoxy) is 2. The molecule has 1 aliphatic heterocycles. The van der Waals surface area contributed by atoms with Crippen molar-refractivity contribution in [3.8, 4) is 0 Å². The van der Waals surface area contributed by atoms with Crippen LogP contribution in [-0.4, -0.2) is 31.0 Å². The van der Waals surface area contributed by atoms with Crippen molar-refractivity contribution in [1.29, 1.82) is 0 Å². The van der Waals surface area contributed by atoms with E-state index < -0.39 is 0 Å². The first kappa shape index (κ1) is 9.86. The Morgan fingerprint density at radius 1 is 1.83 bits per heavy atom. The molecule has 70 valence electrons. The highest BCUT2D eigenvalue weighted by atomic mass is 32.1. The van der Waals surface area contributed by atoms with Gasteiger partial charge in [0.05, 0.1) is 18.5 Å². The number of hydrogen-bond donors (Lipinski definition) is 1. The molecule has 4 heteroatoms. The van der Waals surface area contributed by atoms with Gasteiger partial charge in [0.15, 0.2) is 0 Å². The van der Waals surface area contributed by atoms with E-state index >= 15 is 0 Å². The monoisotopic (exact) mass is 190 g/mol. The lowest BCUT2D eigenvalue weighted by molar-refractivity contribution is -0.143. The zero-order valence-corrected chi connectivity index (χ0v) is 8.05. The Bertz CT molecular complexity index is 152. The summed E-state index contributed by atoms with van der Waals surface area (Å²) in [5.41, 5.74) is 0. The maximum absolute atomic E-state index is 11.0. The Morgan fingerprint density at radius 3 is 3.08 bits per heavy atom. The third kappa shape index (κ3) is 3.03. The van der Waals surface area contributed by atoms with Gasteiger partial charge in [-0.25, -0.2) is 0 Å². The Kier molecular flexibility index (Phi) is 3.88. The largest absolute Gasteiger partial charge is 0.464 e. The topological polar surface area (TPSA) is 35.5 Å². The first-order valence-electron chi connectivity index (χ1n) is 4.12. The number of hydrogen-bond acceptors (Lipinski definition) is 4. The quantitative estimate of drug-likeness (QED) is 0.530. The van der Waals surface area contributed by atoms with E-state index in [-0.39, 0.29) is 11.2 Å². The van der Waals surface area contributed by atoms with E-state index in [9.17, 15) is 4.79 Å². The highest BCUT2D eigenvalue weighted by Crippen LogP contribution is 2.12. The fourth-order valence-corrected chi connectivity index (χ4v) is 1.11. The van der Waals surface area contributed by atoms with Crippen LogP contribution in [0.1, 0.15) is 13.3 Å². The molecule has 0 spiro atoms. The van der Waals surface area contributed by atoms with Crippen molar-refractivity contribution in [3.63, 3.8) is 0 Å². The first-order valence-corrected chi connectivity index (χ1v) is 4.64. The number of rotatable bonds is 3. The Balaban J connectivity index is 2.12. The minimum Gasteiger partial charge on any atom is -0.464 e. The molecule has 1 heterocycles. The summed E-state index contributed by atoms with van der Waals surface area (Å²) in [4.78, 5) is 11.0. The standard InChI is InChI=1S/C8H14O3S/c1-6(12)8(9)11-5-7-2-3-10-4-7/h6-7,12H,2-5H2,1H3. The minimum atomic E-state index is -0.327. The maximum Gasteiger partial charge on any atom is 0.318 e. The Labute approximate surface area is 77.8 Å². The van der Waals surface area contributed by atoms with Crippen LogP contribution in [0.15, 0.2) is 0 Å². The van der Waals surface area contributed by atoms with Gasteiger partial charge in [0.2, 0.25) is 0 Å². The zero-order valence-electron chi connectivity index (χ0n) is 7.16. The van der Waals surface area contributed by atoms with E-state index in [1.165, 1.54) is 0 Å². The van der Waals surface area contributed by atoms with Crippen LogP contribution in [0.4, 0.5) is 0 Å². The maximum atomic E-state index is 11.0. The predicted octanol–water partition coefficient (Wildman–Crippen LogP) is 0.884. The second kappa shape index (κ2) is 4.72. The molecule has 0 radical (unpaired) electrons. The summed E-state index contributed by atoms with van der Waals surface area (Å²) in [7, 11) is 0. The van der Waals surface area contributed by atoms with Gasteiger partial charge in [0, 0.05) is 12.5 Å². The van der Waals surface area contributed by atoms with Gasteiger partial charge < -0.3 is 9.47 Å². The third-order valence-corrected chi connectivity index (χ3v) is 2.04. The molecular formula is C8H14O3S. The highest BCUT2D eigenvalue weighted by Gasteiger charge is 2.18. The fraction of sp³-hybridized carbons (Fsp3) is 0.875. The van der Waals surface area contributed by atoms with Gasteiger partial charge >= 0.3 is 5.97 Å². The normalized spacial score (nSPS) is 25.3. The van der Waals surface area contributed by atoms with Crippen LogP contribution in [-0.2, 0) is 14.3 Å². The SMILES string of the molecule is CC(S)C(=O)OCC1CCOC1. The predicted molar refractivity (Wildman–Crippen MR) is 48.3 cm³/mol. The highest BCUT2D eigenvalue weighted by molar-refractivity contribution is 7.81. The van der Waals surface area contributed by atoms with Gasteiger partial charge in [-0.2, -0.15) is 12.6 Å². The summed E-state index contributed by atoms with van der Waals surface area (Å²) in [5.74, 6) is 0.145. The van der Waals surface area contributed by atoms with Gasteiger partial charge in [-0.05, 0) is 13.3 Å². The lowest BCUT2D eigenvalue weighted by Crippen LogP contribution is -2.19. The summed E-state index contributed by atoms with van der Waals surface area (Å²) >= 11 is 3.96. The van der Waals surface area contributed by atoms with Crippen LogP contribution in [0.2, 0.25) is 0 Å². The molecule has 2 atom stereocenters. The van der Waals surface area contributed by atoms with Crippen molar-refractivity contribution in [1.82, 2.24) is 0 Å². The van der Waals surface area contributed by atoms with Crippen molar-refractivity contribution >= 4 is 18.6 Å². The number of thiol groups is 1. The summed E-state index contributed by atoms with van der Waals surface area (Å²) in [6.07, 6.45) is 0.994. The second-order valence-electron chi connectivity index (χ2n) is 3.04. The molecule has 1 aliphatic rings. The molecule has 2 unspecified atom stereocenters. The van der Waals surface area contributed by atoms with E-state index in [1.54, 1.807) is 6.92 Å². The van der Waals surface area contributed by atoms with Crippen LogP contribution in [0, 0.1) is 5.92 Å². The summed E-state index contributed by atoms with van der Waals surface area (Å²) in [5, 5.41) is -0.327. The Hall–Kier alpha value is -0.220. The zero-order chi connectivity index (χ0) is 8.97. The number of esters is 1. The van der Waals surface area contributed by atoms with Crippen LogP contribution < -0.4 is 0 Å². The fourth-order valence-electron chi connectivity index (χ4n) is 1.04. The number of carbonyl (C=O) groups excluding carboxylic acids is 1. The Morgan fingerprint density at radius 2 is 2.58 bits per heavy atom. The molecule has 3 nitrogen and oxygen atoms in total. The smallest absolute Gasteiger partial charge is 0.318 e. The summed E-state index contributed by atoms with van der Waals surface area (Å²) < 4.78 is 10.1. The molecule has 0 aromatic carbocycles. The average Bonchev–Trinajstić information content (AvgIpc) is 2.51. The lowest BCUT2D eigenvalue weighted by Gasteiger charge is -2.09. The second-order valence-corrected chi connectivity index (χ2v) is 3.81. The van der Waals surface area contributed by atoms with Gasteiger partial charge in [-0.15, -0.1) is 0 Å². The molecule has 0 saturated carbocycles. The molecule has 0 amide bonds. The van der Waals surface area contributed by atoms with E-state index in [0.717, 1.165) is 13.0 Å². The van der Waals surface area contributed by atoms with Crippen LogP contribution in [0.3, 0.4) is 0 Å². The molecule has 0 bridgehead atoms. The van der Waals surface area contributed by atoms with Gasteiger partial charge in [0.25, 0.3) is 0 Å². The average molecular weight is 190 g/mol. The van der Waals surface area contributed by atoms with E-state index in [4.69, 9.17) is 9.47 Å². The molecule has 0 aromatic rings. The summed E-state index contributed by atoms with van der Waals surface area (Å²) in [6.45, 7) is 3.69.